The van der Waals surface area contributed by atoms with Crippen LogP contribution in [0.4, 0.5) is 5.69 Å². The second kappa shape index (κ2) is 9.01. The van der Waals surface area contributed by atoms with E-state index >= 15 is 0 Å². The third-order valence-corrected chi connectivity index (χ3v) is 5.36. The van der Waals surface area contributed by atoms with E-state index in [-0.39, 0.29) is 12.0 Å². The molecule has 1 aromatic heterocycles. The van der Waals surface area contributed by atoms with Crippen LogP contribution < -0.4 is 4.90 Å². The van der Waals surface area contributed by atoms with E-state index in [2.05, 4.69) is 29.2 Å². The van der Waals surface area contributed by atoms with Crippen LogP contribution in [0.15, 0.2) is 47.9 Å². The highest BCUT2D eigenvalue weighted by molar-refractivity contribution is 7.10. The fraction of sp³-hybridized carbons (Fsp3) is 0.381. The van der Waals surface area contributed by atoms with E-state index in [1.54, 1.807) is 17.4 Å². The summed E-state index contributed by atoms with van der Waals surface area (Å²) in [6.07, 6.45) is 5.82. The Hall–Kier alpha value is -2.11. The summed E-state index contributed by atoms with van der Waals surface area (Å²) in [5.41, 5.74) is 2.29. The van der Waals surface area contributed by atoms with Gasteiger partial charge in [-0.25, -0.2) is 0 Å². The molecular formula is C21H26N2O2S. The molecule has 1 fully saturated rings. The van der Waals surface area contributed by atoms with E-state index < -0.39 is 0 Å². The van der Waals surface area contributed by atoms with Crippen LogP contribution in [0.5, 0.6) is 0 Å². The highest BCUT2D eigenvalue weighted by Gasteiger charge is 2.21. The minimum absolute atomic E-state index is 0.0330. The molecule has 0 radical (unpaired) electrons. The Bertz CT molecular complexity index is 717. The van der Waals surface area contributed by atoms with Crippen molar-refractivity contribution in [1.82, 2.24) is 4.90 Å². The largest absolute Gasteiger partial charge is 0.378 e. The Kier molecular flexibility index (Phi) is 6.47. The maximum atomic E-state index is 12.8. The summed E-state index contributed by atoms with van der Waals surface area (Å²) < 4.78 is 5.75. The van der Waals surface area contributed by atoms with Gasteiger partial charge in [0.1, 0.15) is 0 Å². The maximum absolute atomic E-state index is 12.8. The zero-order valence-electron chi connectivity index (χ0n) is 15.4. The molecule has 26 heavy (non-hydrogen) atoms. The molecule has 0 aliphatic carbocycles. The number of nitrogens with zero attached hydrogens (tertiary/aromatic N) is 2. The van der Waals surface area contributed by atoms with Gasteiger partial charge in [-0.15, -0.1) is 11.3 Å². The first-order valence-corrected chi connectivity index (χ1v) is 9.88. The van der Waals surface area contributed by atoms with Gasteiger partial charge in [-0.2, -0.15) is 0 Å². The van der Waals surface area contributed by atoms with Crippen LogP contribution in [0.2, 0.25) is 0 Å². The number of ether oxygens (including phenoxy) is 1. The minimum atomic E-state index is 0.0330. The average Bonchev–Trinajstić information content (AvgIpc) is 3.33. The SMILES string of the molecule is CN(C)c1ccc(CN(CC2CCCO2)C(=O)C=Cc2cccs2)cc1. The molecule has 1 aliphatic heterocycles. The fourth-order valence-corrected chi connectivity index (χ4v) is 3.65. The molecule has 1 atom stereocenters. The van der Waals surface area contributed by atoms with Crippen LogP contribution in [0.25, 0.3) is 6.08 Å². The molecule has 3 rings (SSSR count). The van der Waals surface area contributed by atoms with Crippen molar-refractivity contribution in [2.45, 2.75) is 25.5 Å². The van der Waals surface area contributed by atoms with E-state index in [1.807, 2.05) is 42.6 Å². The third-order valence-electron chi connectivity index (χ3n) is 4.52. The van der Waals surface area contributed by atoms with Gasteiger partial charge in [-0.3, -0.25) is 4.79 Å². The molecule has 138 valence electrons. The van der Waals surface area contributed by atoms with Crippen LogP contribution in [-0.2, 0) is 16.1 Å². The Morgan fingerprint density at radius 3 is 2.69 bits per heavy atom. The Labute approximate surface area is 159 Å². The van der Waals surface area contributed by atoms with Crippen molar-refractivity contribution in [1.29, 1.82) is 0 Å². The van der Waals surface area contributed by atoms with Crippen molar-refractivity contribution < 1.29 is 9.53 Å². The van der Waals surface area contributed by atoms with Gasteiger partial charge in [0, 0.05) is 50.4 Å². The lowest BCUT2D eigenvalue weighted by atomic mass is 10.1. The molecule has 0 saturated carbocycles. The summed E-state index contributed by atoms with van der Waals surface area (Å²) in [4.78, 5) is 17.8. The van der Waals surface area contributed by atoms with Crippen molar-refractivity contribution in [3.8, 4) is 0 Å². The zero-order valence-corrected chi connectivity index (χ0v) is 16.2. The van der Waals surface area contributed by atoms with E-state index in [0.717, 1.165) is 35.6 Å². The van der Waals surface area contributed by atoms with E-state index in [4.69, 9.17) is 4.74 Å². The molecule has 1 aliphatic rings. The monoisotopic (exact) mass is 370 g/mol. The minimum Gasteiger partial charge on any atom is -0.378 e. The second-order valence-corrected chi connectivity index (χ2v) is 7.74. The molecule has 0 spiro atoms. The van der Waals surface area contributed by atoms with Crippen molar-refractivity contribution in [2.75, 3.05) is 32.1 Å². The lowest BCUT2D eigenvalue weighted by Gasteiger charge is -2.25. The second-order valence-electron chi connectivity index (χ2n) is 6.76. The number of benzene rings is 1. The molecule has 2 aromatic rings. The van der Waals surface area contributed by atoms with E-state index in [0.29, 0.717) is 13.1 Å². The molecule has 0 bridgehead atoms. The first-order chi connectivity index (χ1) is 12.6. The summed E-state index contributed by atoms with van der Waals surface area (Å²) in [6, 6.07) is 12.4. The van der Waals surface area contributed by atoms with Crippen molar-refractivity contribution >= 4 is 29.0 Å². The lowest BCUT2D eigenvalue weighted by Crippen LogP contribution is -2.35. The van der Waals surface area contributed by atoms with Gasteiger partial charge in [0.05, 0.1) is 6.10 Å². The molecule has 4 nitrogen and oxygen atoms in total. The van der Waals surface area contributed by atoms with E-state index in [1.165, 1.54) is 0 Å². The van der Waals surface area contributed by atoms with Gasteiger partial charge in [0.25, 0.3) is 0 Å². The van der Waals surface area contributed by atoms with Gasteiger partial charge >= 0.3 is 0 Å². The highest BCUT2D eigenvalue weighted by atomic mass is 32.1. The molecule has 0 N–H and O–H groups in total. The number of carbonyl (C=O) groups is 1. The zero-order chi connectivity index (χ0) is 18.4. The van der Waals surface area contributed by atoms with Crippen LogP contribution in [0.1, 0.15) is 23.3 Å². The van der Waals surface area contributed by atoms with Gasteiger partial charge in [-0.05, 0) is 48.1 Å². The lowest BCUT2D eigenvalue weighted by molar-refractivity contribution is -0.128. The standard InChI is InChI=1S/C21H26N2O2S/c1-22(2)18-9-7-17(8-10-18)15-23(16-19-5-3-13-25-19)21(24)12-11-20-6-4-14-26-20/h4,6-12,14,19H,3,5,13,15-16H2,1-2H3. The molecule has 1 amide bonds. The third kappa shape index (κ3) is 5.19. The smallest absolute Gasteiger partial charge is 0.246 e. The molecule has 5 heteroatoms. The molecule has 1 aromatic carbocycles. The first-order valence-electron chi connectivity index (χ1n) is 9.00. The normalized spacial score (nSPS) is 16.9. The number of carbonyl (C=O) groups excluding carboxylic acids is 1. The summed E-state index contributed by atoms with van der Waals surface area (Å²) in [7, 11) is 4.05. The van der Waals surface area contributed by atoms with E-state index in [9.17, 15) is 4.79 Å². The predicted octanol–water partition coefficient (Wildman–Crippen LogP) is 4.04. The summed E-state index contributed by atoms with van der Waals surface area (Å²) in [6.45, 7) is 2.04. The number of anilines is 1. The van der Waals surface area contributed by atoms with Gasteiger partial charge in [0.2, 0.25) is 5.91 Å². The predicted molar refractivity (Wildman–Crippen MR) is 109 cm³/mol. The number of hydrogen-bond acceptors (Lipinski definition) is 4. The van der Waals surface area contributed by atoms with Crippen LogP contribution in [-0.4, -0.2) is 44.2 Å². The van der Waals surface area contributed by atoms with Crippen LogP contribution in [0.3, 0.4) is 0 Å². The van der Waals surface area contributed by atoms with Gasteiger partial charge in [-0.1, -0.05) is 18.2 Å². The van der Waals surface area contributed by atoms with Gasteiger partial charge < -0.3 is 14.5 Å². The van der Waals surface area contributed by atoms with Crippen molar-refractivity contribution in [3.63, 3.8) is 0 Å². The Balaban J connectivity index is 1.70. The number of thiophene rings is 1. The number of hydrogen-bond donors (Lipinski definition) is 0. The topological polar surface area (TPSA) is 32.8 Å². The fourth-order valence-electron chi connectivity index (χ4n) is 3.03. The summed E-state index contributed by atoms with van der Waals surface area (Å²) >= 11 is 1.63. The van der Waals surface area contributed by atoms with Crippen molar-refractivity contribution in [3.05, 3.63) is 58.3 Å². The number of amides is 1. The molecule has 1 saturated heterocycles. The Morgan fingerprint density at radius 1 is 1.27 bits per heavy atom. The van der Waals surface area contributed by atoms with Crippen LogP contribution in [0, 0.1) is 0 Å². The highest BCUT2D eigenvalue weighted by Crippen LogP contribution is 2.18. The quantitative estimate of drug-likeness (QED) is 0.690. The maximum Gasteiger partial charge on any atom is 0.246 e. The average molecular weight is 371 g/mol. The van der Waals surface area contributed by atoms with Crippen molar-refractivity contribution in [2.24, 2.45) is 0 Å². The number of rotatable bonds is 7. The molecule has 2 heterocycles. The van der Waals surface area contributed by atoms with Crippen LogP contribution >= 0.6 is 11.3 Å². The summed E-state index contributed by atoms with van der Waals surface area (Å²) in [5.74, 6) is 0.0330. The summed E-state index contributed by atoms with van der Waals surface area (Å²) in [5, 5.41) is 2.01. The Morgan fingerprint density at radius 2 is 2.08 bits per heavy atom. The first kappa shape index (κ1) is 18.7. The molecule has 1 unspecified atom stereocenters. The molecular weight excluding hydrogens is 344 g/mol. The van der Waals surface area contributed by atoms with Gasteiger partial charge in [0.15, 0.2) is 0 Å².